The zero-order chi connectivity index (χ0) is 13.3. The molecule has 98 valence electrons. The number of carbonyl (C=O) groups excluding carboxylic acids is 2. The van der Waals surface area contributed by atoms with E-state index in [9.17, 15) is 14.4 Å². The highest BCUT2D eigenvalue weighted by Crippen LogP contribution is 2.35. The van der Waals surface area contributed by atoms with E-state index in [2.05, 4.69) is 0 Å². The number of carbonyl (C=O) groups is 3. The minimum absolute atomic E-state index is 0.0296. The third-order valence-electron chi connectivity index (χ3n) is 3.51. The van der Waals surface area contributed by atoms with Crippen LogP contribution in [0.4, 0.5) is 0 Å². The molecule has 0 bridgehead atoms. The van der Waals surface area contributed by atoms with Gasteiger partial charge in [0, 0.05) is 13.0 Å². The Kier molecular flexibility index (Phi) is 3.47. The van der Waals surface area contributed by atoms with Gasteiger partial charge in [0.25, 0.3) is 0 Å². The predicted octanol–water partition coefficient (Wildman–Crippen LogP) is -0.227. The van der Waals surface area contributed by atoms with Gasteiger partial charge in [-0.05, 0) is 12.8 Å². The summed E-state index contributed by atoms with van der Waals surface area (Å²) in [7, 11) is 0. The summed E-state index contributed by atoms with van der Waals surface area (Å²) in [5.41, 5.74) is 0. The molecule has 0 aromatic rings. The molecular formula is C12H15NO5. The maximum atomic E-state index is 12.0. The third kappa shape index (κ3) is 2.15. The molecule has 0 spiro atoms. The Hall–Kier alpha value is -1.69. The van der Waals surface area contributed by atoms with Crippen LogP contribution in [0.3, 0.4) is 0 Å². The van der Waals surface area contributed by atoms with Crippen LogP contribution in [0.1, 0.15) is 19.3 Å². The number of nitrogens with zero attached hydrogens (tertiary/aromatic N) is 1. The van der Waals surface area contributed by atoms with Crippen molar-refractivity contribution in [3.05, 3.63) is 12.2 Å². The molecule has 2 N–H and O–H groups in total. The van der Waals surface area contributed by atoms with Crippen molar-refractivity contribution in [2.45, 2.75) is 25.4 Å². The van der Waals surface area contributed by atoms with E-state index in [0.717, 1.165) is 4.90 Å². The number of aliphatic hydroxyl groups is 1. The van der Waals surface area contributed by atoms with Gasteiger partial charge in [0.15, 0.2) is 6.10 Å². The van der Waals surface area contributed by atoms with Crippen LogP contribution in [0.15, 0.2) is 12.2 Å². The summed E-state index contributed by atoms with van der Waals surface area (Å²) in [4.78, 5) is 35.5. The summed E-state index contributed by atoms with van der Waals surface area (Å²) in [5.74, 6) is -2.43. The number of carboxylic acids is 1. The Labute approximate surface area is 104 Å². The Morgan fingerprint density at radius 2 is 1.78 bits per heavy atom. The molecule has 0 aromatic carbocycles. The summed E-state index contributed by atoms with van der Waals surface area (Å²) >= 11 is 0. The summed E-state index contributed by atoms with van der Waals surface area (Å²) in [6.45, 7) is -0.0296. The Morgan fingerprint density at radius 1 is 1.28 bits per heavy atom. The summed E-state index contributed by atoms with van der Waals surface area (Å²) < 4.78 is 0. The van der Waals surface area contributed by atoms with Crippen molar-refractivity contribution in [3.8, 4) is 0 Å². The van der Waals surface area contributed by atoms with Crippen LogP contribution in [0.2, 0.25) is 0 Å². The zero-order valence-electron chi connectivity index (χ0n) is 9.78. The van der Waals surface area contributed by atoms with Crippen LogP contribution < -0.4 is 0 Å². The molecule has 2 aliphatic rings. The first-order valence-electron chi connectivity index (χ1n) is 5.93. The highest BCUT2D eigenvalue weighted by Gasteiger charge is 2.46. The van der Waals surface area contributed by atoms with E-state index in [1.165, 1.54) is 0 Å². The van der Waals surface area contributed by atoms with Crippen molar-refractivity contribution < 1.29 is 24.6 Å². The van der Waals surface area contributed by atoms with E-state index in [1.54, 1.807) is 0 Å². The molecule has 6 nitrogen and oxygen atoms in total. The molecule has 1 fully saturated rings. The van der Waals surface area contributed by atoms with Crippen molar-refractivity contribution in [2.75, 3.05) is 6.54 Å². The van der Waals surface area contributed by atoms with Gasteiger partial charge in [0.2, 0.25) is 11.8 Å². The average Bonchev–Trinajstić information content (AvgIpc) is 2.60. The van der Waals surface area contributed by atoms with Crippen LogP contribution in [0, 0.1) is 11.8 Å². The maximum Gasteiger partial charge on any atom is 0.332 e. The third-order valence-corrected chi connectivity index (χ3v) is 3.51. The molecule has 1 aliphatic carbocycles. The number of amides is 2. The van der Waals surface area contributed by atoms with Crippen LogP contribution in [0.25, 0.3) is 0 Å². The number of fused-ring (bicyclic) bond motifs is 1. The summed E-state index contributed by atoms with van der Waals surface area (Å²) in [6.07, 6.45) is 3.25. The second-order valence-corrected chi connectivity index (χ2v) is 4.63. The first kappa shape index (κ1) is 12.8. The lowest BCUT2D eigenvalue weighted by atomic mass is 9.85. The summed E-state index contributed by atoms with van der Waals surface area (Å²) in [6, 6.07) is 0. The van der Waals surface area contributed by atoms with Gasteiger partial charge < -0.3 is 10.2 Å². The second-order valence-electron chi connectivity index (χ2n) is 4.63. The molecule has 1 unspecified atom stereocenters. The minimum Gasteiger partial charge on any atom is -0.479 e. The number of imide groups is 1. The number of hydrogen-bond acceptors (Lipinski definition) is 4. The van der Waals surface area contributed by atoms with Gasteiger partial charge in [-0.3, -0.25) is 14.5 Å². The first-order chi connectivity index (χ1) is 8.52. The van der Waals surface area contributed by atoms with Crippen molar-refractivity contribution in [1.29, 1.82) is 0 Å². The number of likely N-dealkylation sites (tertiary alicyclic amines) is 1. The van der Waals surface area contributed by atoms with Gasteiger partial charge >= 0.3 is 5.97 Å². The van der Waals surface area contributed by atoms with Gasteiger partial charge in [-0.15, -0.1) is 0 Å². The van der Waals surface area contributed by atoms with E-state index in [0.29, 0.717) is 12.8 Å². The topological polar surface area (TPSA) is 94.9 Å². The number of carboxylic acid groups (broad SMARTS) is 1. The monoisotopic (exact) mass is 253 g/mol. The second kappa shape index (κ2) is 4.89. The van der Waals surface area contributed by atoms with E-state index >= 15 is 0 Å². The maximum absolute atomic E-state index is 12.0. The quantitative estimate of drug-likeness (QED) is 0.533. The first-order valence-corrected chi connectivity index (χ1v) is 5.93. The molecular weight excluding hydrogens is 238 g/mol. The van der Waals surface area contributed by atoms with Crippen molar-refractivity contribution in [2.24, 2.45) is 11.8 Å². The van der Waals surface area contributed by atoms with Crippen molar-refractivity contribution >= 4 is 17.8 Å². The van der Waals surface area contributed by atoms with Crippen molar-refractivity contribution in [1.82, 2.24) is 4.90 Å². The molecule has 1 aliphatic heterocycles. The number of rotatable bonds is 4. The highest BCUT2D eigenvalue weighted by atomic mass is 16.4. The van der Waals surface area contributed by atoms with Crippen LogP contribution in [-0.2, 0) is 14.4 Å². The molecule has 1 saturated heterocycles. The van der Waals surface area contributed by atoms with Crippen molar-refractivity contribution in [3.63, 3.8) is 0 Å². The fraction of sp³-hybridized carbons (Fsp3) is 0.583. The number of aliphatic carboxylic acids is 1. The standard InChI is InChI=1S/C12H15NO5/c14-9(12(17)18)5-6-13-10(15)7-3-1-2-4-8(7)11(13)16/h1-2,7-9,14H,3-6H2,(H,17,18)/t7-,8+,9?. The van der Waals surface area contributed by atoms with Crippen LogP contribution in [0.5, 0.6) is 0 Å². The van der Waals surface area contributed by atoms with E-state index in [-0.39, 0.29) is 36.6 Å². The van der Waals surface area contributed by atoms with Gasteiger partial charge in [0.1, 0.15) is 0 Å². The lowest BCUT2D eigenvalue weighted by molar-refractivity contribution is -0.149. The van der Waals surface area contributed by atoms with Crippen LogP contribution in [-0.4, -0.2) is 45.5 Å². The Bertz CT molecular complexity index is 391. The number of hydrogen-bond donors (Lipinski definition) is 2. The van der Waals surface area contributed by atoms with Gasteiger partial charge in [-0.1, -0.05) is 12.2 Å². The highest BCUT2D eigenvalue weighted by molar-refractivity contribution is 6.05. The lowest BCUT2D eigenvalue weighted by Gasteiger charge is -2.15. The fourth-order valence-corrected chi connectivity index (χ4v) is 2.46. The predicted molar refractivity (Wildman–Crippen MR) is 60.3 cm³/mol. The molecule has 0 radical (unpaired) electrons. The van der Waals surface area contributed by atoms with Crippen LogP contribution >= 0.6 is 0 Å². The molecule has 0 aromatic heterocycles. The SMILES string of the molecule is O=C(O)C(O)CCN1C(=O)[C@H]2CC=CC[C@H]2C1=O. The smallest absolute Gasteiger partial charge is 0.332 e. The van der Waals surface area contributed by atoms with Gasteiger partial charge in [-0.2, -0.15) is 0 Å². The Morgan fingerprint density at radius 3 is 2.22 bits per heavy atom. The molecule has 3 atom stereocenters. The molecule has 0 saturated carbocycles. The van der Waals surface area contributed by atoms with Gasteiger partial charge in [0.05, 0.1) is 11.8 Å². The van der Waals surface area contributed by atoms with E-state index < -0.39 is 12.1 Å². The minimum atomic E-state index is -1.54. The number of aliphatic hydroxyl groups excluding tert-OH is 1. The molecule has 6 heteroatoms. The van der Waals surface area contributed by atoms with E-state index in [1.807, 2.05) is 12.2 Å². The lowest BCUT2D eigenvalue weighted by Crippen LogP contribution is -2.35. The van der Waals surface area contributed by atoms with Gasteiger partial charge in [-0.25, -0.2) is 4.79 Å². The molecule has 1 heterocycles. The summed E-state index contributed by atoms with van der Waals surface area (Å²) in [5, 5.41) is 17.7. The fourth-order valence-electron chi connectivity index (χ4n) is 2.46. The average molecular weight is 253 g/mol. The molecule has 2 amide bonds. The Balaban J connectivity index is 2.00. The largest absolute Gasteiger partial charge is 0.479 e. The molecule has 2 rings (SSSR count). The van der Waals surface area contributed by atoms with E-state index in [4.69, 9.17) is 10.2 Å². The zero-order valence-corrected chi connectivity index (χ0v) is 9.78. The number of allylic oxidation sites excluding steroid dienone is 2. The normalized spacial score (nSPS) is 28.4. The molecule has 18 heavy (non-hydrogen) atoms.